The molecule has 0 saturated heterocycles. The monoisotopic (exact) mass is 406 g/mol. The van der Waals surface area contributed by atoms with Crippen molar-refractivity contribution in [2.24, 2.45) is 11.7 Å². The maximum absolute atomic E-state index is 12.6. The third-order valence-electron chi connectivity index (χ3n) is 5.29. The van der Waals surface area contributed by atoms with E-state index in [-0.39, 0.29) is 11.8 Å². The zero-order valence-corrected chi connectivity index (χ0v) is 16.3. The zero-order valence-electron chi connectivity index (χ0n) is 16.3. The van der Waals surface area contributed by atoms with E-state index in [0.29, 0.717) is 23.5 Å². The number of carbonyl (C=O) groups is 4. The van der Waals surface area contributed by atoms with Crippen molar-refractivity contribution >= 4 is 40.7 Å². The second kappa shape index (κ2) is 7.98. The molecule has 4 amide bonds. The zero-order chi connectivity index (χ0) is 21.3. The first-order chi connectivity index (χ1) is 14.4. The molecule has 4 rings (SSSR count). The largest absolute Gasteiger partial charge is 0.366 e. The van der Waals surface area contributed by atoms with E-state index in [1.807, 2.05) is 6.07 Å². The summed E-state index contributed by atoms with van der Waals surface area (Å²) in [4.78, 5) is 50.0. The van der Waals surface area contributed by atoms with Crippen LogP contribution in [0.1, 0.15) is 35.2 Å². The van der Waals surface area contributed by atoms with Gasteiger partial charge in [-0.3, -0.25) is 19.2 Å². The second-order valence-corrected chi connectivity index (χ2v) is 7.56. The number of fused-ring (bicyclic) bond motifs is 1. The highest BCUT2D eigenvalue weighted by atomic mass is 16.2. The molecule has 154 valence electrons. The fourth-order valence-electron chi connectivity index (χ4n) is 3.53. The summed E-state index contributed by atoms with van der Waals surface area (Å²) in [5.74, 6) is -2.00. The van der Waals surface area contributed by atoms with Crippen LogP contribution in [0.2, 0.25) is 0 Å². The van der Waals surface area contributed by atoms with Gasteiger partial charge in [0.2, 0.25) is 11.8 Å². The molecule has 8 heteroatoms. The first-order valence-corrected chi connectivity index (χ1v) is 9.89. The molecule has 1 aliphatic carbocycles. The molecule has 0 bridgehead atoms. The van der Waals surface area contributed by atoms with Crippen LogP contribution in [0.15, 0.2) is 42.5 Å². The molecular weight excluding hydrogens is 384 g/mol. The summed E-state index contributed by atoms with van der Waals surface area (Å²) in [5, 5.41) is 5.06. The molecule has 0 unspecified atom stereocenters. The SMILES string of the molecule is NC(=O)c1ccc(NC(=O)C(=O)Nc2ccc3c(c2)N(C(=O)C2CC2)CCC3)cc1. The van der Waals surface area contributed by atoms with E-state index in [9.17, 15) is 19.2 Å². The van der Waals surface area contributed by atoms with Crippen LogP contribution in [0.5, 0.6) is 0 Å². The van der Waals surface area contributed by atoms with Gasteiger partial charge in [0.25, 0.3) is 0 Å². The molecule has 1 heterocycles. The Hall–Kier alpha value is -3.68. The molecule has 0 radical (unpaired) electrons. The van der Waals surface area contributed by atoms with Gasteiger partial charge in [0.1, 0.15) is 0 Å². The lowest BCUT2D eigenvalue weighted by molar-refractivity contribution is -0.132. The van der Waals surface area contributed by atoms with Crippen molar-refractivity contribution in [3.8, 4) is 0 Å². The molecule has 1 aliphatic heterocycles. The average Bonchev–Trinajstić information content (AvgIpc) is 3.58. The molecule has 4 N–H and O–H groups in total. The molecular formula is C22H22N4O4. The number of benzene rings is 2. The normalized spacial score (nSPS) is 15.1. The number of nitrogens with zero attached hydrogens (tertiary/aromatic N) is 1. The molecule has 30 heavy (non-hydrogen) atoms. The number of nitrogens with one attached hydrogen (secondary N) is 2. The van der Waals surface area contributed by atoms with Gasteiger partial charge in [-0.2, -0.15) is 0 Å². The number of nitrogens with two attached hydrogens (primary N) is 1. The van der Waals surface area contributed by atoms with Crippen molar-refractivity contribution in [2.45, 2.75) is 25.7 Å². The third-order valence-corrected chi connectivity index (χ3v) is 5.29. The highest BCUT2D eigenvalue weighted by Gasteiger charge is 2.35. The highest BCUT2D eigenvalue weighted by molar-refractivity contribution is 6.43. The van der Waals surface area contributed by atoms with E-state index in [4.69, 9.17) is 5.73 Å². The second-order valence-electron chi connectivity index (χ2n) is 7.56. The van der Waals surface area contributed by atoms with Crippen molar-refractivity contribution in [3.05, 3.63) is 53.6 Å². The van der Waals surface area contributed by atoms with Crippen molar-refractivity contribution in [3.63, 3.8) is 0 Å². The predicted molar refractivity (Wildman–Crippen MR) is 112 cm³/mol. The van der Waals surface area contributed by atoms with Crippen LogP contribution >= 0.6 is 0 Å². The van der Waals surface area contributed by atoms with E-state index >= 15 is 0 Å². The standard InChI is InChI=1S/C22H22N4O4/c23-19(27)14-6-8-16(9-7-14)24-20(28)21(29)25-17-10-5-13-2-1-11-26(18(13)12-17)22(30)15-3-4-15/h5-10,12,15H,1-4,11H2,(H2,23,27)(H,24,28)(H,25,29). The van der Waals surface area contributed by atoms with E-state index in [1.165, 1.54) is 24.3 Å². The lowest BCUT2D eigenvalue weighted by Crippen LogP contribution is -2.36. The van der Waals surface area contributed by atoms with E-state index in [0.717, 1.165) is 36.9 Å². The van der Waals surface area contributed by atoms with Gasteiger partial charge >= 0.3 is 11.8 Å². The summed E-state index contributed by atoms with van der Waals surface area (Å²) in [5.41, 5.74) is 8.17. The minimum absolute atomic E-state index is 0.112. The molecule has 0 atom stereocenters. The molecule has 0 spiro atoms. The van der Waals surface area contributed by atoms with Crippen LogP contribution in [-0.4, -0.2) is 30.2 Å². The fourth-order valence-corrected chi connectivity index (χ4v) is 3.53. The Kier molecular flexibility index (Phi) is 5.22. The van der Waals surface area contributed by atoms with Gasteiger partial charge in [-0.25, -0.2) is 0 Å². The summed E-state index contributed by atoms with van der Waals surface area (Å²) >= 11 is 0. The van der Waals surface area contributed by atoms with Crippen LogP contribution in [0.3, 0.4) is 0 Å². The maximum atomic E-state index is 12.6. The summed E-state index contributed by atoms with van der Waals surface area (Å²) in [7, 11) is 0. The number of hydrogen-bond donors (Lipinski definition) is 3. The Balaban J connectivity index is 1.44. The number of hydrogen-bond acceptors (Lipinski definition) is 4. The van der Waals surface area contributed by atoms with Crippen LogP contribution in [0.4, 0.5) is 17.1 Å². The summed E-state index contributed by atoms with van der Waals surface area (Å²) in [6.07, 6.45) is 3.65. The molecule has 0 aromatic heterocycles. The van der Waals surface area contributed by atoms with Crippen LogP contribution in [0.25, 0.3) is 0 Å². The van der Waals surface area contributed by atoms with Gasteiger partial charge in [0.15, 0.2) is 0 Å². The van der Waals surface area contributed by atoms with Crippen molar-refractivity contribution < 1.29 is 19.2 Å². The number of primary amides is 1. The molecule has 1 fully saturated rings. The highest BCUT2D eigenvalue weighted by Crippen LogP contribution is 2.36. The smallest absolute Gasteiger partial charge is 0.314 e. The van der Waals surface area contributed by atoms with Crippen LogP contribution in [-0.2, 0) is 20.8 Å². The first kappa shape index (κ1) is 19.6. The Morgan fingerprint density at radius 2 is 1.53 bits per heavy atom. The topological polar surface area (TPSA) is 122 Å². The van der Waals surface area contributed by atoms with Crippen molar-refractivity contribution in [1.82, 2.24) is 0 Å². The van der Waals surface area contributed by atoms with E-state index in [2.05, 4.69) is 10.6 Å². The van der Waals surface area contributed by atoms with Gasteiger partial charge in [-0.15, -0.1) is 0 Å². The average molecular weight is 406 g/mol. The van der Waals surface area contributed by atoms with E-state index in [1.54, 1.807) is 17.0 Å². The summed E-state index contributed by atoms with van der Waals surface area (Å²) < 4.78 is 0. The van der Waals surface area contributed by atoms with Gasteiger partial charge < -0.3 is 21.3 Å². The minimum Gasteiger partial charge on any atom is -0.366 e. The molecule has 2 aromatic carbocycles. The number of amides is 4. The maximum Gasteiger partial charge on any atom is 0.314 e. The molecule has 2 aliphatic rings. The Morgan fingerprint density at radius 3 is 2.17 bits per heavy atom. The number of aryl methyl sites for hydroxylation is 1. The third kappa shape index (κ3) is 4.17. The quantitative estimate of drug-likeness (QED) is 0.673. The van der Waals surface area contributed by atoms with E-state index < -0.39 is 17.7 Å². The van der Waals surface area contributed by atoms with Crippen LogP contribution in [0, 0.1) is 5.92 Å². The lowest BCUT2D eigenvalue weighted by atomic mass is 10.0. The van der Waals surface area contributed by atoms with Gasteiger partial charge in [0, 0.05) is 35.1 Å². The molecule has 1 saturated carbocycles. The number of rotatable bonds is 4. The lowest BCUT2D eigenvalue weighted by Gasteiger charge is -2.30. The van der Waals surface area contributed by atoms with Gasteiger partial charge in [-0.05, 0) is 67.6 Å². The molecule has 2 aromatic rings. The first-order valence-electron chi connectivity index (χ1n) is 9.89. The Bertz CT molecular complexity index is 1030. The minimum atomic E-state index is -0.842. The summed E-state index contributed by atoms with van der Waals surface area (Å²) in [6.45, 7) is 0.668. The Morgan fingerprint density at radius 1 is 0.900 bits per heavy atom. The number of anilines is 3. The van der Waals surface area contributed by atoms with Crippen molar-refractivity contribution in [1.29, 1.82) is 0 Å². The fraction of sp³-hybridized carbons (Fsp3) is 0.273. The predicted octanol–water partition coefficient (Wildman–Crippen LogP) is 2.05. The van der Waals surface area contributed by atoms with Crippen LogP contribution < -0.4 is 21.3 Å². The van der Waals surface area contributed by atoms with Crippen molar-refractivity contribution in [2.75, 3.05) is 22.1 Å². The van der Waals surface area contributed by atoms with Gasteiger partial charge in [0.05, 0.1) is 0 Å². The Labute approximate surface area is 173 Å². The van der Waals surface area contributed by atoms with Gasteiger partial charge in [-0.1, -0.05) is 6.07 Å². The summed E-state index contributed by atoms with van der Waals surface area (Å²) in [6, 6.07) is 11.3. The number of carbonyl (C=O) groups excluding carboxylic acids is 4. The molecule has 8 nitrogen and oxygen atoms in total.